The molecule has 0 aliphatic carbocycles. The van der Waals surface area contributed by atoms with Crippen LogP contribution in [0.4, 0.5) is 0 Å². The predicted octanol–water partition coefficient (Wildman–Crippen LogP) is 2.12. The van der Waals surface area contributed by atoms with Crippen molar-refractivity contribution in [3.8, 4) is 0 Å². The standard InChI is InChI=1S/C11H17N3O/c1-5-9(8(3)4)7-10-12-13-11(15)14(10)6-2/h6-8H,2,5H2,1,3-4H3,(H,13,15)/b9-7+. The highest BCUT2D eigenvalue weighted by molar-refractivity contribution is 5.48. The number of H-pyrrole nitrogens is 1. The first-order chi connectivity index (χ1) is 7.10. The summed E-state index contributed by atoms with van der Waals surface area (Å²) in [5, 5.41) is 6.33. The first kappa shape index (κ1) is 11.5. The molecule has 0 aromatic carbocycles. The summed E-state index contributed by atoms with van der Waals surface area (Å²) in [4.78, 5) is 11.3. The van der Waals surface area contributed by atoms with Crippen molar-refractivity contribution < 1.29 is 0 Å². The van der Waals surface area contributed by atoms with Crippen LogP contribution in [0.2, 0.25) is 0 Å². The summed E-state index contributed by atoms with van der Waals surface area (Å²) in [6.07, 6.45) is 4.35. The van der Waals surface area contributed by atoms with E-state index in [0.717, 1.165) is 6.42 Å². The molecule has 0 bridgehead atoms. The molecular weight excluding hydrogens is 190 g/mol. The molecule has 1 N–H and O–H groups in total. The van der Waals surface area contributed by atoms with Crippen LogP contribution in [-0.4, -0.2) is 14.8 Å². The Morgan fingerprint density at radius 3 is 2.80 bits per heavy atom. The van der Waals surface area contributed by atoms with Gasteiger partial charge in [-0.15, -0.1) is 0 Å². The van der Waals surface area contributed by atoms with Crippen LogP contribution in [0.15, 0.2) is 16.9 Å². The van der Waals surface area contributed by atoms with Gasteiger partial charge in [-0.2, -0.15) is 5.10 Å². The number of hydrogen-bond donors (Lipinski definition) is 1. The molecular formula is C11H17N3O. The molecule has 1 aromatic rings. The number of hydrogen-bond acceptors (Lipinski definition) is 2. The number of aromatic amines is 1. The Labute approximate surface area is 89.3 Å². The highest BCUT2D eigenvalue weighted by atomic mass is 16.1. The first-order valence-corrected chi connectivity index (χ1v) is 5.10. The van der Waals surface area contributed by atoms with Crippen molar-refractivity contribution in [2.24, 2.45) is 5.92 Å². The maximum absolute atomic E-state index is 11.3. The van der Waals surface area contributed by atoms with Crippen molar-refractivity contribution in [1.29, 1.82) is 0 Å². The van der Waals surface area contributed by atoms with E-state index in [9.17, 15) is 4.79 Å². The second-order valence-corrected chi connectivity index (χ2v) is 3.67. The molecule has 15 heavy (non-hydrogen) atoms. The minimum Gasteiger partial charge on any atom is -0.251 e. The van der Waals surface area contributed by atoms with Gasteiger partial charge in [-0.3, -0.25) is 4.57 Å². The molecule has 0 aliphatic heterocycles. The van der Waals surface area contributed by atoms with Crippen molar-refractivity contribution in [1.82, 2.24) is 14.8 Å². The van der Waals surface area contributed by atoms with Crippen LogP contribution in [0.1, 0.15) is 33.0 Å². The van der Waals surface area contributed by atoms with Gasteiger partial charge in [-0.25, -0.2) is 9.89 Å². The molecule has 1 aromatic heterocycles. The fraction of sp³-hybridized carbons (Fsp3) is 0.455. The average molecular weight is 207 g/mol. The molecule has 82 valence electrons. The van der Waals surface area contributed by atoms with E-state index >= 15 is 0 Å². The Morgan fingerprint density at radius 1 is 1.67 bits per heavy atom. The minimum atomic E-state index is -0.254. The summed E-state index contributed by atoms with van der Waals surface area (Å²) in [6, 6.07) is 0. The Hall–Kier alpha value is -1.58. The normalized spacial score (nSPS) is 12.1. The lowest BCUT2D eigenvalue weighted by Gasteiger charge is -2.07. The molecule has 4 heteroatoms. The smallest absolute Gasteiger partial charge is 0.251 e. The maximum Gasteiger partial charge on any atom is 0.347 e. The molecule has 0 amide bonds. The molecule has 0 spiro atoms. The van der Waals surface area contributed by atoms with Crippen LogP contribution in [0.3, 0.4) is 0 Å². The molecule has 1 heterocycles. The summed E-state index contributed by atoms with van der Waals surface area (Å²) >= 11 is 0. The molecule has 0 unspecified atom stereocenters. The van der Waals surface area contributed by atoms with Crippen molar-refractivity contribution in [3.05, 3.63) is 28.5 Å². The summed E-state index contributed by atoms with van der Waals surface area (Å²) in [7, 11) is 0. The van der Waals surface area contributed by atoms with E-state index in [1.54, 1.807) is 0 Å². The third-order valence-corrected chi connectivity index (χ3v) is 2.38. The Bertz CT molecular complexity index is 423. The minimum absolute atomic E-state index is 0.254. The van der Waals surface area contributed by atoms with Crippen molar-refractivity contribution in [2.45, 2.75) is 27.2 Å². The summed E-state index contributed by atoms with van der Waals surface area (Å²) in [6.45, 7) is 9.92. The molecule has 0 saturated carbocycles. The zero-order valence-corrected chi connectivity index (χ0v) is 9.45. The molecule has 0 fully saturated rings. The van der Waals surface area contributed by atoms with Crippen LogP contribution < -0.4 is 5.69 Å². The fourth-order valence-corrected chi connectivity index (χ4v) is 1.44. The second-order valence-electron chi connectivity index (χ2n) is 3.67. The van der Waals surface area contributed by atoms with E-state index in [2.05, 4.69) is 37.5 Å². The second kappa shape index (κ2) is 4.77. The van der Waals surface area contributed by atoms with Crippen LogP contribution in [-0.2, 0) is 0 Å². The van der Waals surface area contributed by atoms with Gasteiger partial charge in [0.2, 0.25) is 0 Å². The van der Waals surface area contributed by atoms with Gasteiger partial charge in [0.15, 0.2) is 5.82 Å². The zero-order valence-electron chi connectivity index (χ0n) is 9.45. The predicted molar refractivity (Wildman–Crippen MR) is 62.3 cm³/mol. The summed E-state index contributed by atoms with van der Waals surface area (Å²) in [5.41, 5.74) is 1.01. The van der Waals surface area contributed by atoms with Gasteiger partial charge in [0.1, 0.15) is 0 Å². The molecule has 0 aliphatic rings. The van der Waals surface area contributed by atoms with Gasteiger partial charge in [-0.05, 0) is 18.4 Å². The van der Waals surface area contributed by atoms with E-state index in [-0.39, 0.29) is 5.69 Å². The van der Waals surface area contributed by atoms with Gasteiger partial charge in [-0.1, -0.05) is 32.9 Å². The van der Waals surface area contributed by atoms with Crippen molar-refractivity contribution >= 4 is 12.3 Å². The zero-order chi connectivity index (χ0) is 11.4. The molecule has 1 rings (SSSR count). The first-order valence-electron chi connectivity index (χ1n) is 5.10. The van der Waals surface area contributed by atoms with Crippen LogP contribution in [0.5, 0.6) is 0 Å². The van der Waals surface area contributed by atoms with Crippen LogP contribution in [0.25, 0.3) is 12.3 Å². The SMILES string of the molecule is C=Cn1c(/C=C(\CC)C(C)C)n[nH]c1=O. The third kappa shape index (κ3) is 2.46. The van der Waals surface area contributed by atoms with Gasteiger partial charge in [0.25, 0.3) is 0 Å². The van der Waals surface area contributed by atoms with Crippen LogP contribution >= 0.6 is 0 Å². The highest BCUT2D eigenvalue weighted by Gasteiger charge is 2.06. The molecule has 4 nitrogen and oxygen atoms in total. The number of allylic oxidation sites excluding steroid dienone is 1. The lowest BCUT2D eigenvalue weighted by molar-refractivity contribution is 0.737. The molecule has 0 saturated heterocycles. The van der Waals surface area contributed by atoms with Gasteiger partial charge >= 0.3 is 5.69 Å². The maximum atomic E-state index is 11.3. The monoisotopic (exact) mass is 207 g/mol. The Balaban J connectivity index is 3.16. The number of rotatable bonds is 4. The highest BCUT2D eigenvalue weighted by Crippen LogP contribution is 2.16. The number of aromatic nitrogens is 3. The van der Waals surface area contributed by atoms with Gasteiger partial charge < -0.3 is 0 Å². The van der Waals surface area contributed by atoms with Crippen molar-refractivity contribution in [3.63, 3.8) is 0 Å². The summed E-state index contributed by atoms with van der Waals surface area (Å²) < 4.78 is 1.40. The average Bonchev–Trinajstić information content (AvgIpc) is 2.54. The topological polar surface area (TPSA) is 50.7 Å². The van der Waals surface area contributed by atoms with E-state index in [1.807, 2.05) is 6.08 Å². The van der Waals surface area contributed by atoms with Crippen LogP contribution in [0, 0.1) is 5.92 Å². The molecule has 0 atom stereocenters. The third-order valence-electron chi connectivity index (χ3n) is 2.38. The molecule has 0 radical (unpaired) electrons. The Morgan fingerprint density at radius 2 is 2.33 bits per heavy atom. The lowest BCUT2D eigenvalue weighted by Crippen LogP contribution is -2.12. The summed E-state index contributed by atoms with van der Waals surface area (Å²) in [5.74, 6) is 1.07. The largest absolute Gasteiger partial charge is 0.347 e. The van der Waals surface area contributed by atoms with E-state index < -0.39 is 0 Å². The van der Waals surface area contributed by atoms with Gasteiger partial charge in [0, 0.05) is 6.20 Å². The number of nitrogens with zero attached hydrogens (tertiary/aromatic N) is 2. The van der Waals surface area contributed by atoms with E-state index in [0.29, 0.717) is 11.7 Å². The quantitative estimate of drug-likeness (QED) is 0.822. The van der Waals surface area contributed by atoms with Gasteiger partial charge in [0.05, 0.1) is 0 Å². The van der Waals surface area contributed by atoms with E-state index in [1.165, 1.54) is 16.3 Å². The number of nitrogens with one attached hydrogen (secondary N) is 1. The fourth-order valence-electron chi connectivity index (χ4n) is 1.44. The lowest BCUT2D eigenvalue weighted by atomic mass is 10.0. The Kier molecular flexibility index (Phi) is 3.66. The van der Waals surface area contributed by atoms with Crippen molar-refractivity contribution in [2.75, 3.05) is 0 Å². The van der Waals surface area contributed by atoms with E-state index in [4.69, 9.17) is 0 Å².